The van der Waals surface area contributed by atoms with Gasteiger partial charge in [0.2, 0.25) is 0 Å². The van der Waals surface area contributed by atoms with Crippen LogP contribution >= 0.6 is 23.4 Å². The highest BCUT2D eigenvalue weighted by Gasteiger charge is 2.28. The van der Waals surface area contributed by atoms with Crippen molar-refractivity contribution >= 4 is 41.1 Å². The third kappa shape index (κ3) is 5.68. The van der Waals surface area contributed by atoms with Gasteiger partial charge in [-0.2, -0.15) is 0 Å². The SMILES string of the molecule is CSc1nc(NC(=O)c2ccc(Cl)cc2)c(C(=O)OCC(C)(C)C)n1-c1ccccc1. The number of carbonyl (C=O) groups excluding carboxylic acids is 2. The van der Waals surface area contributed by atoms with E-state index in [1.807, 2.05) is 57.4 Å². The van der Waals surface area contributed by atoms with E-state index in [2.05, 4.69) is 10.3 Å². The van der Waals surface area contributed by atoms with Crippen LogP contribution in [0.15, 0.2) is 59.8 Å². The number of esters is 1. The molecule has 8 heteroatoms. The Morgan fingerprint density at radius 1 is 1.10 bits per heavy atom. The van der Waals surface area contributed by atoms with Crippen molar-refractivity contribution in [2.45, 2.75) is 25.9 Å². The van der Waals surface area contributed by atoms with Crippen LogP contribution in [0.1, 0.15) is 41.6 Å². The molecule has 0 radical (unpaired) electrons. The van der Waals surface area contributed by atoms with Crippen LogP contribution in [0, 0.1) is 5.41 Å². The Labute approximate surface area is 191 Å². The standard InChI is InChI=1S/C23H24ClN3O3S/c1-23(2,3)14-30-21(29)18-19(25-20(28)15-10-12-16(24)13-11-15)26-22(31-4)27(18)17-8-6-5-7-9-17/h5-13H,14H2,1-4H3,(H,25,28). The maximum Gasteiger partial charge on any atom is 0.359 e. The van der Waals surface area contributed by atoms with Crippen LogP contribution in [-0.4, -0.2) is 34.3 Å². The molecule has 0 aliphatic heterocycles. The minimum atomic E-state index is -0.557. The number of nitrogens with one attached hydrogen (secondary N) is 1. The molecular weight excluding hydrogens is 434 g/mol. The number of amides is 1. The molecule has 1 heterocycles. The second-order valence-corrected chi connectivity index (χ2v) is 9.27. The number of hydrogen-bond donors (Lipinski definition) is 1. The van der Waals surface area contributed by atoms with Gasteiger partial charge >= 0.3 is 5.97 Å². The summed E-state index contributed by atoms with van der Waals surface area (Å²) in [5.74, 6) is -0.808. The molecule has 1 aromatic heterocycles. The number of imidazole rings is 1. The van der Waals surface area contributed by atoms with Crippen molar-refractivity contribution in [1.82, 2.24) is 9.55 Å². The number of para-hydroxylation sites is 1. The van der Waals surface area contributed by atoms with Crippen LogP contribution in [0.2, 0.25) is 5.02 Å². The molecule has 162 valence electrons. The summed E-state index contributed by atoms with van der Waals surface area (Å²) in [6.45, 7) is 6.16. The maximum absolute atomic E-state index is 13.1. The van der Waals surface area contributed by atoms with Crippen LogP contribution in [-0.2, 0) is 4.74 Å². The molecule has 0 aliphatic carbocycles. The van der Waals surface area contributed by atoms with E-state index in [0.717, 1.165) is 5.69 Å². The molecule has 0 saturated heterocycles. The van der Waals surface area contributed by atoms with Gasteiger partial charge in [0.1, 0.15) is 0 Å². The van der Waals surface area contributed by atoms with Gasteiger partial charge in [0, 0.05) is 16.3 Å². The van der Waals surface area contributed by atoms with Crippen LogP contribution in [0.4, 0.5) is 5.82 Å². The summed E-state index contributed by atoms with van der Waals surface area (Å²) in [5, 5.41) is 3.85. The van der Waals surface area contributed by atoms with E-state index < -0.39 is 11.9 Å². The second-order valence-electron chi connectivity index (χ2n) is 8.06. The molecule has 0 fully saturated rings. The Hall–Kier alpha value is -2.77. The third-order valence-corrected chi connectivity index (χ3v) is 5.10. The number of thioether (sulfide) groups is 1. The van der Waals surface area contributed by atoms with Gasteiger partial charge in [-0.25, -0.2) is 9.78 Å². The van der Waals surface area contributed by atoms with Crippen LogP contribution in [0.3, 0.4) is 0 Å². The molecule has 0 spiro atoms. The number of hydrogen-bond acceptors (Lipinski definition) is 5. The smallest absolute Gasteiger partial charge is 0.359 e. The lowest BCUT2D eigenvalue weighted by Crippen LogP contribution is -2.22. The summed E-state index contributed by atoms with van der Waals surface area (Å²) in [6.07, 6.45) is 1.86. The van der Waals surface area contributed by atoms with E-state index in [1.54, 1.807) is 28.8 Å². The number of nitrogens with zero attached hydrogens (tertiary/aromatic N) is 2. The molecule has 0 saturated carbocycles. The Balaban J connectivity index is 2.05. The zero-order valence-corrected chi connectivity index (χ0v) is 19.4. The highest BCUT2D eigenvalue weighted by atomic mass is 35.5. The number of ether oxygens (including phenoxy) is 1. The first kappa shape index (κ1) is 22.9. The van der Waals surface area contributed by atoms with Gasteiger partial charge in [0.15, 0.2) is 16.7 Å². The monoisotopic (exact) mass is 457 g/mol. The van der Waals surface area contributed by atoms with Crippen molar-refractivity contribution in [2.24, 2.45) is 5.41 Å². The summed E-state index contributed by atoms with van der Waals surface area (Å²) in [7, 11) is 0. The molecule has 1 N–H and O–H groups in total. The second kappa shape index (κ2) is 9.58. The third-order valence-electron chi connectivity index (χ3n) is 4.21. The van der Waals surface area contributed by atoms with Gasteiger partial charge in [-0.3, -0.25) is 9.36 Å². The molecular formula is C23H24ClN3O3S. The normalized spacial score (nSPS) is 11.3. The van der Waals surface area contributed by atoms with Crippen molar-refractivity contribution < 1.29 is 14.3 Å². The Morgan fingerprint density at radius 3 is 2.32 bits per heavy atom. The summed E-state index contributed by atoms with van der Waals surface area (Å²) >= 11 is 7.28. The van der Waals surface area contributed by atoms with Gasteiger partial charge in [-0.1, -0.05) is 62.3 Å². The fourth-order valence-corrected chi connectivity index (χ4v) is 3.45. The Morgan fingerprint density at radius 2 is 1.74 bits per heavy atom. The average molecular weight is 458 g/mol. The summed E-state index contributed by atoms with van der Waals surface area (Å²) < 4.78 is 7.28. The minimum absolute atomic E-state index is 0.145. The lowest BCUT2D eigenvalue weighted by Gasteiger charge is -2.18. The number of anilines is 1. The highest BCUT2D eigenvalue weighted by molar-refractivity contribution is 7.98. The van der Waals surface area contributed by atoms with Crippen molar-refractivity contribution in [3.05, 3.63) is 70.9 Å². The molecule has 0 atom stereocenters. The topological polar surface area (TPSA) is 73.2 Å². The van der Waals surface area contributed by atoms with Gasteiger partial charge < -0.3 is 10.1 Å². The molecule has 31 heavy (non-hydrogen) atoms. The molecule has 0 bridgehead atoms. The zero-order chi connectivity index (χ0) is 22.6. The lowest BCUT2D eigenvalue weighted by molar-refractivity contribution is 0.0358. The molecule has 2 aromatic carbocycles. The summed E-state index contributed by atoms with van der Waals surface area (Å²) in [6, 6.07) is 15.8. The number of halogens is 1. The highest BCUT2D eigenvalue weighted by Crippen LogP contribution is 2.29. The van der Waals surface area contributed by atoms with Crippen molar-refractivity contribution in [3.8, 4) is 5.69 Å². The zero-order valence-electron chi connectivity index (χ0n) is 17.8. The van der Waals surface area contributed by atoms with Gasteiger partial charge in [0.05, 0.1) is 6.61 Å². The number of rotatable bonds is 6. The molecule has 3 rings (SSSR count). The van der Waals surface area contributed by atoms with Crippen LogP contribution in [0.25, 0.3) is 5.69 Å². The first-order chi connectivity index (χ1) is 14.7. The number of benzene rings is 2. The molecule has 3 aromatic rings. The van der Waals surface area contributed by atoms with Gasteiger partial charge in [0.25, 0.3) is 5.91 Å². The molecule has 1 amide bonds. The van der Waals surface area contributed by atoms with E-state index >= 15 is 0 Å². The number of carbonyl (C=O) groups is 2. The first-order valence-electron chi connectivity index (χ1n) is 9.66. The van der Waals surface area contributed by atoms with Crippen LogP contribution < -0.4 is 5.32 Å². The largest absolute Gasteiger partial charge is 0.460 e. The van der Waals surface area contributed by atoms with E-state index in [4.69, 9.17) is 16.3 Å². The van der Waals surface area contributed by atoms with Crippen LogP contribution in [0.5, 0.6) is 0 Å². The van der Waals surface area contributed by atoms with Gasteiger partial charge in [-0.15, -0.1) is 0 Å². The maximum atomic E-state index is 13.1. The quantitative estimate of drug-likeness (QED) is 0.379. The lowest BCUT2D eigenvalue weighted by atomic mass is 9.99. The molecule has 6 nitrogen and oxygen atoms in total. The van der Waals surface area contributed by atoms with Crippen molar-refractivity contribution in [3.63, 3.8) is 0 Å². The predicted octanol–water partition coefficient (Wildman–Crippen LogP) is 5.70. The molecule has 0 aliphatic rings. The molecule has 0 unspecified atom stereocenters. The summed E-state index contributed by atoms with van der Waals surface area (Å²) in [5.41, 5.74) is 1.11. The van der Waals surface area contributed by atoms with E-state index in [-0.39, 0.29) is 23.5 Å². The Kier molecular flexibility index (Phi) is 7.08. The number of aromatic nitrogens is 2. The van der Waals surface area contributed by atoms with Gasteiger partial charge in [-0.05, 0) is 48.1 Å². The average Bonchev–Trinajstić information content (AvgIpc) is 3.10. The Bertz CT molecular complexity index is 1070. The van der Waals surface area contributed by atoms with E-state index in [9.17, 15) is 9.59 Å². The van der Waals surface area contributed by atoms with Crippen molar-refractivity contribution in [2.75, 3.05) is 18.2 Å². The summed E-state index contributed by atoms with van der Waals surface area (Å²) in [4.78, 5) is 30.5. The predicted molar refractivity (Wildman–Crippen MR) is 124 cm³/mol. The first-order valence-corrected chi connectivity index (χ1v) is 11.3. The fourth-order valence-electron chi connectivity index (χ4n) is 2.76. The van der Waals surface area contributed by atoms with Crippen molar-refractivity contribution in [1.29, 1.82) is 0 Å². The minimum Gasteiger partial charge on any atom is -0.460 e. The van der Waals surface area contributed by atoms with E-state index in [1.165, 1.54) is 11.8 Å². The van der Waals surface area contributed by atoms with E-state index in [0.29, 0.717) is 15.7 Å². The fraction of sp³-hybridized carbons (Fsp3) is 0.261.